The molecule has 5 rings (SSSR count). The molecule has 3 aromatic rings. The molecule has 7 heteroatoms. The molecule has 2 saturated heterocycles. The van der Waals surface area contributed by atoms with E-state index in [1.807, 2.05) is 6.07 Å². The molecule has 0 bridgehead atoms. The van der Waals surface area contributed by atoms with Gasteiger partial charge in [0.25, 0.3) is 0 Å². The number of hydrogen-bond acceptors (Lipinski definition) is 5. The van der Waals surface area contributed by atoms with Gasteiger partial charge in [-0.1, -0.05) is 6.07 Å². The van der Waals surface area contributed by atoms with Crippen LogP contribution in [0, 0.1) is 11.7 Å². The summed E-state index contributed by atoms with van der Waals surface area (Å²) in [6.07, 6.45) is 6.72. The van der Waals surface area contributed by atoms with Crippen LogP contribution in [0.2, 0.25) is 0 Å². The quantitative estimate of drug-likeness (QED) is 0.649. The molecule has 0 saturated carbocycles. The first-order valence-corrected chi connectivity index (χ1v) is 10.9. The van der Waals surface area contributed by atoms with Gasteiger partial charge in [0, 0.05) is 36.8 Å². The Balaban J connectivity index is 1.38. The minimum Gasteiger partial charge on any atom is -0.355 e. The maximum absolute atomic E-state index is 14.3. The van der Waals surface area contributed by atoms with E-state index < -0.39 is 0 Å². The van der Waals surface area contributed by atoms with Crippen molar-refractivity contribution in [3.8, 4) is 0 Å². The lowest BCUT2D eigenvalue weighted by molar-refractivity contribution is -0.137. The Morgan fingerprint density at radius 2 is 1.86 bits per heavy atom. The zero-order valence-electron chi connectivity index (χ0n) is 15.7. The van der Waals surface area contributed by atoms with Gasteiger partial charge in [0.1, 0.15) is 18.0 Å². The van der Waals surface area contributed by atoms with E-state index in [1.54, 1.807) is 17.4 Å². The first kappa shape index (κ1) is 17.8. The number of rotatable bonds is 2. The van der Waals surface area contributed by atoms with Crippen molar-refractivity contribution in [2.75, 3.05) is 31.1 Å². The molecule has 2 aromatic heterocycles. The number of thiophene rings is 1. The van der Waals surface area contributed by atoms with Gasteiger partial charge in [-0.2, -0.15) is 0 Å². The fourth-order valence-electron chi connectivity index (χ4n) is 4.50. The van der Waals surface area contributed by atoms with E-state index >= 15 is 0 Å². The number of anilines is 1. The van der Waals surface area contributed by atoms with Gasteiger partial charge in [-0.15, -0.1) is 11.3 Å². The molecule has 0 unspecified atom stereocenters. The maximum atomic E-state index is 14.3. The molecular weight excluding hydrogens is 375 g/mol. The van der Waals surface area contributed by atoms with Crippen LogP contribution in [0.5, 0.6) is 0 Å². The molecule has 2 fully saturated rings. The number of carbonyl (C=O) groups is 1. The number of carbonyl (C=O) groups excluding carboxylic acids is 1. The summed E-state index contributed by atoms with van der Waals surface area (Å²) in [5, 5.41) is 0.585. The zero-order chi connectivity index (χ0) is 19.1. The summed E-state index contributed by atoms with van der Waals surface area (Å²) in [6.45, 7) is 3.43. The number of piperidine rings is 2. The van der Waals surface area contributed by atoms with Crippen molar-refractivity contribution in [1.82, 2.24) is 14.9 Å². The van der Waals surface area contributed by atoms with Crippen molar-refractivity contribution >= 4 is 43.4 Å². The Labute approximate surface area is 167 Å². The summed E-state index contributed by atoms with van der Waals surface area (Å²) < 4.78 is 16.2. The lowest BCUT2D eigenvalue weighted by Crippen LogP contribution is -2.44. The van der Waals surface area contributed by atoms with Gasteiger partial charge in [0.2, 0.25) is 5.91 Å². The molecule has 0 aliphatic carbocycles. The Bertz CT molecular complexity index is 1020. The monoisotopic (exact) mass is 398 g/mol. The summed E-state index contributed by atoms with van der Waals surface area (Å²) in [7, 11) is 0. The normalized spacial score (nSPS) is 18.9. The molecule has 28 heavy (non-hydrogen) atoms. The standard InChI is InChI=1S/C21H23FN4OS/c22-15-5-4-6-16-17(15)18-19(28-16)20(24-13-23-18)25-11-7-14(8-12-25)21(27)26-9-2-1-3-10-26/h4-6,13-14H,1-3,7-12H2. The molecule has 1 aromatic carbocycles. The minimum atomic E-state index is -0.237. The van der Waals surface area contributed by atoms with Crippen LogP contribution in [-0.4, -0.2) is 47.0 Å². The van der Waals surface area contributed by atoms with Crippen molar-refractivity contribution in [3.63, 3.8) is 0 Å². The third kappa shape index (κ3) is 3.02. The maximum Gasteiger partial charge on any atom is 0.225 e. The second kappa shape index (κ2) is 7.28. The van der Waals surface area contributed by atoms with Gasteiger partial charge in [-0.05, 0) is 44.2 Å². The highest BCUT2D eigenvalue weighted by Gasteiger charge is 2.30. The highest BCUT2D eigenvalue weighted by molar-refractivity contribution is 7.26. The lowest BCUT2D eigenvalue weighted by Gasteiger charge is -2.36. The Hall–Kier alpha value is -2.28. The molecule has 4 heterocycles. The number of nitrogens with zero attached hydrogens (tertiary/aromatic N) is 4. The first-order chi connectivity index (χ1) is 13.7. The highest BCUT2D eigenvalue weighted by Crippen LogP contribution is 2.39. The van der Waals surface area contributed by atoms with E-state index in [2.05, 4.69) is 19.8 Å². The van der Waals surface area contributed by atoms with Gasteiger partial charge in [0.05, 0.1) is 15.6 Å². The van der Waals surface area contributed by atoms with Crippen LogP contribution in [0.15, 0.2) is 24.5 Å². The molecule has 0 N–H and O–H groups in total. The van der Waals surface area contributed by atoms with Crippen molar-refractivity contribution in [1.29, 1.82) is 0 Å². The molecule has 1 amide bonds. The average Bonchev–Trinajstić information content (AvgIpc) is 3.14. The molecule has 0 atom stereocenters. The van der Waals surface area contributed by atoms with Crippen LogP contribution in [-0.2, 0) is 4.79 Å². The van der Waals surface area contributed by atoms with E-state index in [-0.39, 0.29) is 11.7 Å². The van der Waals surface area contributed by atoms with E-state index in [0.717, 1.165) is 67.1 Å². The number of aromatic nitrogens is 2. The topological polar surface area (TPSA) is 49.3 Å². The summed E-state index contributed by atoms with van der Waals surface area (Å²) in [4.78, 5) is 26.0. The number of benzene rings is 1. The third-order valence-electron chi connectivity index (χ3n) is 6.02. The van der Waals surface area contributed by atoms with E-state index in [0.29, 0.717) is 16.8 Å². The summed E-state index contributed by atoms with van der Waals surface area (Å²) in [5.74, 6) is 1.08. The molecular formula is C21H23FN4OS. The van der Waals surface area contributed by atoms with Crippen molar-refractivity contribution in [2.24, 2.45) is 5.92 Å². The van der Waals surface area contributed by atoms with Crippen LogP contribution in [0.3, 0.4) is 0 Å². The minimum absolute atomic E-state index is 0.117. The number of fused-ring (bicyclic) bond motifs is 3. The van der Waals surface area contributed by atoms with E-state index in [4.69, 9.17) is 0 Å². The van der Waals surface area contributed by atoms with Gasteiger partial charge >= 0.3 is 0 Å². The van der Waals surface area contributed by atoms with Crippen molar-refractivity contribution < 1.29 is 9.18 Å². The fraction of sp³-hybridized carbons (Fsp3) is 0.476. The Kier molecular flexibility index (Phi) is 4.62. The van der Waals surface area contributed by atoms with Crippen LogP contribution in [0.25, 0.3) is 20.3 Å². The second-order valence-corrected chi connectivity index (χ2v) is 8.79. The molecule has 2 aliphatic heterocycles. The molecule has 2 aliphatic rings. The largest absolute Gasteiger partial charge is 0.355 e. The molecule has 0 spiro atoms. The highest BCUT2D eigenvalue weighted by atomic mass is 32.1. The van der Waals surface area contributed by atoms with Crippen molar-refractivity contribution in [3.05, 3.63) is 30.3 Å². The van der Waals surface area contributed by atoms with Gasteiger partial charge in [-0.25, -0.2) is 14.4 Å². The smallest absolute Gasteiger partial charge is 0.225 e. The number of amides is 1. The predicted molar refractivity (Wildman–Crippen MR) is 110 cm³/mol. The van der Waals surface area contributed by atoms with E-state index in [9.17, 15) is 9.18 Å². The molecule has 0 radical (unpaired) electrons. The molecule has 5 nitrogen and oxygen atoms in total. The van der Waals surface area contributed by atoms with Crippen molar-refractivity contribution in [2.45, 2.75) is 32.1 Å². The number of halogens is 1. The third-order valence-corrected chi connectivity index (χ3v) is 7.16. The summed E-state index contributed by atoms with van der Waals surface area (Å²) in [5.41, 5.74) is 0.689. The zero-order valence-corrected chi connectivity index (χ0v) is 16.6. The second-order valence-electron chi connectivity index (χ2n) is 7.74. The van der Waals surface area contributed by atoms with Crippen LogP contribution >= 0.6 is 11.3 Å². The number of likely N-dealkylation sites (tertiary alicyclic amines) is 1. The summed E-state index contributed by atoms with van der Waals surface area (Å²) >= 11 is 1.54. The summed E-state index contributed by atoms with van der Waals surface area (Å²) in [6, 6.07) is 5.14. The predicted octanol–water partition coefficient (Wildman–Crippen LogP) is 4.21. The van der Waals surface area contributed by atoms with Crippen LogP contribution < -0.4 is 4.90 Å². The number of hydrogen-bond donors (Lipinski definition) is 0. The van der Waals surface area contributed by atoms with Gasteiger partial charge < -0.3 is 9.80 Å². The van der Waals surface area contributed by atoms with Crippen LogP contribution in [0.1, 0.15) is 32.1 Å². The first-order valence-electron chi connectivity index (χ1n) is 10.1. The lowest BCUT2D eigenvalue weighted by atomic mass is 9.94. The van der Waals surface area contributed by atoms with E-state index in [1.165, 1.54) is 18.8 Å². The van der Waals surface area contributed by atoms with Gasteiger partial charge in [-0.3, -0.25) is 4.79 Å². The average molecular weight is 399 g/mol. The van der Waals surface area contributed by atoms with Gasteiger partial charge in [0.15, 0.2) is 0 Å². The Morgan fingerprint density at radius 1 is 1.07 bits per heavy atom. The van der Waals surface area contributed by atoms with Crippen LogP contribution in [0.4, 0.5) is 10.2 Å². The Morgan fingerprint density at radius 3 is 2.64 bits per heavy atom. The fourth-order valence-corrected chi connectivity index (χ4v) is 5.69. The SMILES string of the molecule is O=C(C1CCN(c2ncnc3c2sc2cccc(F)c23)CC1)N1CCCCC1. The molecule has 146 valence electrons.